The van der Waals surface area contributed by atoms with E-state index in [-0.39, 0.29) is 0 Å². The van der Waals surface area contributed by atoms with E-state index in [1.807, 2.05) is 0 Å². The van der Waals surface area contributed by atoms with Crippen LogP contribution in [-0.4, -0.2) is 42.9 Å². The maximum Gasteiger partial charge on any atom is 0.236 e. The summed E-state index contributed by atoms with van der Waals surface area (Å²) < 4.78 is 0. The van der Waals surface area contributed by atoms with E-state index in [0.29, 0.717) is 0 Å². The minimum atomic E-state index is -1.37. The van der Waals surface area contributed by atoms with Gasteiger partial charge >= 0.3 is 0 Å². The van der Waals surface area contributed by atoms with Crippen molar-refractivity contribution in [1.82, 2.24) is 0 Å². The average Bonchev–Trinajstić information content (AvgIpc) is 2.37. The van der Waals surface area contributed by atoms with Crippen molar-refractivity contribution in [3.05, 3.63) is 28.2 Å². The fraction of sp³-hybridized carbons (Fsp3) is 0.0833. The zero-order valence-electron chi connectivity index (χ0n) is 9.96. The molecule has 2 rings (SSSR count). The summed E-state index contributed by atoms with van der Waals surface area (Å²) in [5.74, 6) is -9.53. The van der Waals surface area contributed by atoms with E-state index in [2.05, 4.69) is 0 Å². The van der Waals surface area contributed by atoms with Gasteiger partial charge in [0.05, 0.1) is 11.1 Å². The van der Waals surface area contributed by atoms with Crippen LogP contribution in [0.15, 0.2) is 11.5 Å². The minimum absolute atomic E-state index is 0.767. The first-order valence-electron chi connectivity index (χ1n) is 5.23. The van der Waals surface area contributed by atoms with E-state index < -0.39 is 62.8 Å². The van der Waals surface area contributed by atoms with Crippen LogP contribution in [0.3, 0.4) is 0 Å². The molecule has 0 spiro atoms. The number of carbonyl (C=O) groups is 3. The fourth-order valence-corrected chi connectivity index (χ4v) is 1.94. The van der Waals surface area contributed by atoms with Crippen LogP contribution in [0, 0.1) is 0 Å². The molecule has 0 saturated heterocycles. The Bertz CT molecular complexity index is 726. The summed E-state index contributed by atoms with van der Waals surface area (Å²) in [5, 5.41) is 47.7. The molecule has 104 valence electrons. The SMILES string of the molecule is CC(=O)c1c(O)c(O)c2c(c1O)C(=O)C(O)=C(O)C2=O. The number of hydrogen-bond donors (Lipinski definition) is 5. The summed E-state index contributed by atoms with van der Waals surface area (Å²) in [7, 11) is 0. The molecule has 0 saturated carbocycles. The van der Waals surface area contributed by atoms with E-state index in [4.69, 9.17) is 0 Å². The monoisotopic (exact) mass is 280 g/mol. The second-order valence-corrected chi connectivity index (χ2v) is 4.08. The molecular weight excluding hydrogens is 272 g/mol. The van der Waals surface area contributed by atoms with Crippen LogP contribution < -0.4 is 0 Å². The molecule has 20 heavy (non-hydrogen) atoms. The number of benzene rings is 1. The Labute approximate surface area is 110 Å². The molecule has 1 aliphatic rings. The van der Waals surface area contributed by atoms with Gasteiger partial charge in [0.1, 0.15) is 11.3 Å². The lowest BCUT2D eigenvalue weighted by Gasteiger charge is -2.19. The molecular formula is C12H8O8. The van der Waals surface area contributed by atoms with Crippen molar-refractivity contribution in [1.29, 1.82) is 0 Å². The number of rotatable bonds is 1. The largest absolute Gasteiger partial charge is 0.506 e. The van der Waals surface area contributed by atoms with E-state index in [0.717, 1.165) is 6.92 Å². The topological polar surface area (TPSA) is 152 Å². The number of aliphatic hydroxyl groups excluding tert-OH is 2. The smallest absolute Gasteiger partial charge is 0.236 e. The zero-order chi connectivity index (χ0) is 15.4. The molecule has 0 radical (unpaired) electrons. The Hall–Kier alpha value is -3.03. The predicted molar refractivity (Wildman–Crippen MR) is 62.4 cm³/mol. The number of allylic oxidation sites excluding steroid dienone is 2. The molecule has 0 aromatic heterocycles. The number of carbonyl (C=O) groups excluding carboxylic acids is 3. The molecule has 1 aliphatic carbocycles. The van der Waals surface area contributed by atoms with Gasteiger partial charge in [0, 0.05) is 0 Å². The van der Waals surface area contributed by atoms with Gasteiger partial charge in [0.2, 0.25) is 23.1 Å². The molecule has 0 atom stereocenters. The van der Waals surface area contributed by atoms with Crippen molar-refractivity contribution < 1.29 is 39.9 Å². The van der Waals surface area contributed by atoms with E-state index >= 15 is 0 Å². The number of aliphatic hydroxyl groups is 2. The Morgan fingerprint density at radius 3 is 1.55 bits per heavy atom. The van der Waals surface area contributed by atoms with Crippen LogP contribution in [0.4, 0.5) is 0 Å². The lowest BCUT2D eigenvalue weighted by molar-refractivity contribution is 0.0874. The average molecular weight is 280 g/mol. The first-order chi connectivity index (χ1) is 9.20. The molecule has 5 N–H and O–H groups in total. The van der Waals surface area contributed by atoms with Crippen molar-refractivity contribution in [2.24, 2.45) is 0 Å². The molecule has 8 heteroatoms. The Morgan fingerprint density at radius 2 is 1.15 bits per heavy atom. The molecule has 1 aromatic carbocycles. The number of phenolic OH excluding ortho intramolecular Hbond substituents is 3. The van der Waals surface area contributed by atoms with E-state index in [1.54, 1.807) is 0 Å². The number of Topliss-reactive ketones (excluding diaryl/α,β-unsaturated/α-hetero) is 3. The summed E-state index contributed by atoms with van der Waals surface area (Å²) in [6, 6.07) is 0. The lowest BCUT2D eigenvalue weighted by Crippen LogP contribution is -2.23. The predicted octanol–water partition coefficient (Wildman–Crippen LogP) is 0.713. The van der Waals surface area contributed by atoms with Gasteiger partial charge in [-0.25, -0.2) is 0 Å². The maximum atomic E-state index is 11.7. The number of ketones is 3. The lowest BCUT2D eigenvalue weighted by atomic mass is 9.87. The summed E-state index contributed by atoms with van der Waals surface area (Å²) >= 11 is 0. The first kappa shape index (κ1) is 13.4. The molecule has 0 fully saturated rings. The van der Waals surface area contributed by atoms with Crippen molar-refractivity contribution in [3.63, 3.8) is 0 Å². The van der Waals surface area contributed by atoms with Crippen molar-refractivity contribution in [2.75, 3.05) is 0 Å². The summed E-state index contributed by atoms with van der Waals surface area (Å²) in [6.07, 6.45) is 0. The molecule has 0 amide bonds. The normalized spacial score (nSPS) is 14.4. The standard InChI is InChI=1S/C12H8O8/c1-2(13)3-6(14)4-5(8(16)7(3)15)10(18)12(20)11(19)9(4)17/h14-16,19-20H,1H3. The highest BCUT2D eigenvalue weighted by Gasteiger charge is 2.40. The molecule has 0 heterocycles. The van der Waals surface area contributed by atoms with Crippen LogP contribution in [-0.2, 0) is 0 Å². The van der Waals surface area contributed by atoms with Gasteiger partial charge in [-0.05, 0) is 6.92 Å². The van der Waals surface area contributed by atoms with Gasteiger partial charge < -0.3 is 25.5 Å². The molecule has 0 aliphatic heterocycles. The van der Waals surface area contributed by atoms with Gasteiger partial charge in [-0.15, -0.1) is 0 Å². The third-order valence-corrected chi connectivity index (χ3v) is 2.88. The maximum absolute atomic E-state index is 11.7. The Balaban J connectivity index is 2.99. The fourth-order valence-electron chi connectivity index (χ4n) is 1.94. The number of fused-ring (bicyclic) bond motifs is 1. The minimum Gasteiger partial charge on any atom is -0.506 e. The summed E-state index contributed by atoms with van der Waals surface area (Å²) in [5.41, 5.74) is -2.51. The second-order valence-electron chi connectivity index (χ2n) is 4.08. The van der Waals surface area contributed by atoms with Gasteiger partial charge in [-0.1, -0.05) is 0 Å². The highest BCUT2D eigenvalue weighted by molar-refractivity contribution is 6.28. The molecule has 0 unspecified atom stereocenters. The zero-order valence-corrected chi connectivity index (χ0v) is 9.96. The quantitative estimate of drug-likeness (QED) is 0.286. The van der Waals surface area contributed by atoms with Crippen molar-refractivity contribution in [2.45, 2.75) is 6.92 Å². The summed E-state index contributed by atoms with van der Waals surface area (Å²) in [6.45, 7) is 0.947. The molecule has 0 bridgehead atoms. The third kappa shape index (κ3) is 1.44. The Morgan fingerprint density at radius 1 is 0.750 bits per heavy atom. The highest BCUT2D eigenvalue weighted by atomic mass is 16.3. The highest BCUT2D eigenvalue weighted by Crippen LogP contribution is 2.45. The van der Waals surface area contributed by atoms with Crippen LogP contribution in [0.2, 0.25) is 0 Å². The number of phenols is 3. The van der Waals surface area contributed by atoms with Gasteiger partial charge in [-0.3, -0.25) is 14.4 Å². The van der Waals surface area contributed by atoms with Gasteiger partial charge in [0.15, 0.2) is 17.3 Å². The first-order valence-corrected chi connectivity index (χ1v) is 5.23. The second kappa shape index (κ2) is 3.98. The van der Waals surface area contributed by atoms with Crippen molar-refractivity contribution >= 4 is 17.3 Å². The van der Waals surface area contributed by atoms with Gasteiger partial charge in [-0.2, -0.15) is 0 Å². The van der Waals surface area contributed by atoms with Crippen LogP contribution in [0.5, 0.6) is 17.2 Å². The van der Waals surface area contributed by atoms with Crippen LogP contribution in [0.1, 0.15) is 38.0 Å². The summed E-state index contributed by atoms with van der Waals surface area (Å²) in [4.78, 5) is 34.7. The Kier molecular flexibility index (Phi) is 2.67. The van der Waals surface area contributed by atoms with Crippen molar-refractivity contribution in [3.8, 4) is 17.2 Å². The van der Waals surface area contributed by atoms with Crippen LogP contribution in [0.25, 0.3) is 0 Å². The molecule has 8 nitrogen and oxygen atoms in total. The van der Waals surface area contributed by atoms with Gasteiger partial charge in [0.25, 0.3) is 0 Å². The van der Waals surface area contributed by atoms with E-state index in [1.165, 1.54) is 0 Å². The number of hydrogen-bond acceptors (Lipinski definition) is 8. The van der Waals surface area contributed by atoms with Crippen LogP contribution >= 0.6 is 0 Å². The molecule has 1 aromatic rings. The third-order valence-electron chi connectivity index (χ3n) is 2.88. The number of aromatic hydroxyl groups is 3. The van der Waals surface area contributed by atoms with E-state index in [9.17, 15) is 39.9 Å².